The molecule has 4 atom stereocenters. The minimum Gasteiger partial charge on any atom is -0.496 e. The monoisotopic (exact) mass is 296 g/mol. The van der Waals surface area contributed by atoms with Crippen LogP contribution in [0.25, 0.3) is 0 Å². The standard InChI is InChI=1S/C19H20O3/c1-22-15-7-3-2-6-14(15)13-8-11-18-9-4-5-10-19(18,12-13)16(18)17(20)21/h2-8,11,13,16H,9-10,12H2,1H3,(H,20,21)/t13-,16+,18?,19?/m1/s1. The van der Waals surface area contributed by atoms with Crippen molar-refractivity contribution in [3.63, 3.8) is 0 Å². The Kier molecular flexibility index (Phi) is 2.77. The molecule has 0 bridgehead atoms. The number of benzene rings is 1. The highest BCUT2D eigenvalue weighted by Crippen LogP contribution is 2.79. The van der Waals surface area contributed by atoms with Crippen molar-refractivity contribution in [3.8, 4) is 5.75 Å². The van der Waals surface area contributed by atoms with Gasteiger partial charge in [0.25, 0.3) is 0 Å². The number of hydrogen-bond donors (Lipinski definition) is 1. The highest BCUT2D eigenvalue weighted by Gasteiger charge is 2.78. The molecule has 3 nitrogen and oxygen atoms in total. The lowest BCUT2D eigenvalue weighted by Crippen LogP contribution is -2.21. The van der Waals surface area contributed by atoms with Crippen LogP contribution < -0.4 is 4.74 Å². The maximum atomic E-state index is 11.8. The van der Waals surface area contributed by atoms with Crippen LogP contribution in [0.1, 0.15) is 30.7 Å². The van der Waals surface area contributed by atoms with Crippen molar-refractivity contribution in [2.75, 3.05) is 7.11 Å². The van der Waals surface area contributed by atoms with E-state index in [1.54, 1.807) is 7.11 Å². The molecule has 1 aromatic carbocycles. The Balaban J connectivity index is 1.73. The summed E-state index contributed by atoms with van der Waals surface area (Å²) in [5.41, 5.74) is 0.912. The van der Waals surface area contributed by atoms with E-state index < -0.39 is 5.97 Å². The summed E-state index contributed by atoms with van der Waals surface area (Å²) in [5.74, 6) is 0.236. The Hall–Kier alpha value is -2.03. The van der Waals surface area contributed by atoms with Crippen LogP contribution in [0.3, 0.4) is 0 Å². The Bertz CT molecular complexity index is 690. The van der Waals surface area contributed by atoms with E-state index in [2.05, 4.69) is 30.4 Å². The summed E-state index contributed by atoms with van der Waals surface area (Å²) in [7, 11) is 1.69. The van der Waals surface area contributed by atoms with Crippen LogP contribution in [0.4, 0.5) is 0 Å². The van der Waals surface area contributed by atoms with E-state index in [-0.39, 0.29) is 22.7 Å². The topological polar surface area (TPSA) is 46.5 Å². The van der Waals surface area contributed by atoms with Gasteiger partial charge in [-0.25, -0.2) is 0 Å². The van der Waals surface area contributed by atoms with Crippen molar-refractivity contribution in [1.29, 1.82) is 0 Å². The number of allylic oxidation sites excluding steroid dienone is 4. The first-order valence-electron chi connectivity index (χ1n) is 7.85. The predicted molar refractivity (Wildman–Crippen MR) is 83.9 cm³/mol. The van der Waals surface area contributed by atoms with E-state index in [4.69, 9.17) is 4.74 Å². The lowest BCUT2D eigenvalue weighted by atomic mass is 9.72. The van der Waals surface area contributed by atoms with Gasteiger partial charge < -0.3 is 9.84 Å². The second-order valence-electron chi connectivity index (χ2n) is 6.76. The van der Waals surface area contributed by atoms with Gasteiger partial charge in [-0.15, -0.1) is 0 Å². The summed E-state index contributed by atoms with van der Waals surface area (Å²) in [6.07, 6.45) is 11.3. The fourth-order valence-corrected chi connectivity index (χ4v) is 5.01. The van der Waals surface area contributed by atoms with Gasteiger partial charge in [-0.05, 0) is 30.7 Å². The van der Waals surface area contributed by atoms with E-state index in [1.165, 1.54) is 0 Å². The largest absolute Gasteiger partial charge is 0.496 e. The van der Waals surface area contributed by atoms with Crippen LogP contribution in [-0.4, -0.2) is 18.2 Å². The minimum atomic E-state index is -0.644. The van der Waals surface area contributed by atoms with E-state index in [9.17, 15) is 9.90 Å². The second-order valence-corrected chi connectivity index (χ2v) is 6.76. The number of ether oxygens (including phenoxy) is 1. The summed E-state index contributed by atoms with van der Waals surface area (Å²) in [6, 6.07) is 8.06. The van der Waals surface area contributed by atoms with Crippen LogP contribution in [0, 0.1) is 16.7 Å². The second kappa shape index (κ2) is 4.48. The Morgan fingerprint density at radius 2 is 2.05 bits per heavy atom. The van der Waals surface area contributed by atoms with Crippen molar-refractivity contribution in [2.24, 2.45) is 16.7 Å². The molecule has 0 spiro atoms. The highest BCUT2D eigenvalue weighted by molar-refractivity contribution is 5.79. The molecular formula is C19H20O3. The van der Waals surface area contributed by atoms with Crippen LogP contribution >= 0.6 is 0 Å². The molecule has 0 radical (unpaired) electrons. The molecule has 1 aromatic rings. The normalized spacial score (nSPS) is 38.0. The third-order valence-electron chi connectivity index (χ3n) is 6.01. The van der Waals surface area contributed by atoms with Gasteiger partial charge in [-0.3, -0.25) is 4.79 Å². The molecule has 0 saturated heterocycles. The molecule has 1 fully saturated rings. The smallest absolute Gasteiger partial charge is 0.308 e. The number of carbonyl (C=O) groups is 1. The Labute approximate surface area is 130 Å². The summed E-state index contributed by atoms with van der Waals surface area (Å²) in [6.45, 7) is 0. The first-order chi connectivity index (χ1) is 10.6. The number of rotatable bonds is 3. The van der Waals surface area contributed by atoms with Gasteiger partial charge in [0.15, 0.2) is 0 Å². The third-order valence-corrected chi connectivity index (χ3v) is 6.01. The minimum absolute atomic E-state index is 0.103. The Morgan fingerprint density at radius 3 is 2.82 bits per heavy atom. The predicted octanol–water partition coefficient (Wildman–Crippen LogP) is 3.78. The fourth-order valence-electron chi connectivity index (χ4n) is 5.01. The van der Waals surface area contributed by atoms with E-state index in [0.717, 1.165) is 30.6 Å². The SMILES string of the molecule is COc1ccccc1[C@@H]1C=CC23CC=CCC2(C1)[C@H]3C(=O)O. The van der Waals surface area contributed by atoms with Crippen LogP contribution in [0.2, 0.25) is 0 Å². The molecule has 0 aromatic heterocycles. The van der Waals surface area contributed by atoms with Crippen LogP contribution in [-0.2, 0) is 4.79 Å². The molecule has 3 aliphatic carbocycles. The van der Waals surface area contributed by atoms with E-state index in [1.807, 2.05) is 18.2 Å². The zero-order valence-electron chi connectivity index (χ0n) is 12.7. The molecule has 2 unspecified atom stereocenters. The van der Waals surface area contributed by atoms with E-state index in [0.29, 0.717) is 0 Å². The van der Waals surface area contributed by atoms with Gasteiger partial charge >= 0.3 is 5.97 Å². The molecule has 3 heteroatoms. The van der Waals surface area contributed by atoms with Crippen LogP contribution in [0.5, 0.6) is 5.75 Å². The molecule has 0 aliphatic heterocycles. The summed E-state index contributed by atoms with van der Waals surface area (Å²) < 4.78 is 5.49. The van der Waals surface area contributed by atoms with Gasteiger partial charge in [0.05, 0.1) is 13.0 Å². The maximum Gasteiger partial charge on any atom is 0.308 e. The van der Waals surface area contributed by atoms with Gasteiger partial charge in [0.1, 0.15) is 5.75 Å². The first kappa shape index (κ1) is 13.6. The van der Waals surface area contributed by atoms with Crippen molar-refractivity contribution in [1.82, 2.24) is 0 Å². The molecule has 22 heavy (non-hydrogen) atoms. The fraction of sp³-hybridized carbons (Fsp3) is 0.421. The average molecular weight is 296 g/mol. The number of carboxylic acid groups (broad SMARTS) is 1. The average Bonchev–Trinajstić information content (AvgIpc) is 3.18. The van der Waals surface area contributed by atoms with E-state index >= 15 is 0 Å². The maximum absolute atomic E-state index is 11.8. The molecular weight excluding hydrogens is 276 g/mol. The number of carboxylic acids is 1. The van der Waals surface area contributed by atoms with Crippen LogP contribution in [0.15, 0.2) is 48.6 Å². The number of aliphatic carboxylic acids is 1. The summed E-state index contributed by atoms with van der Waals surface area (Å²) in [4.78, 5) is 11.8. The lowest BCUT2D eigenvalue weighted by molar-refractivity contribution is -0.139. The molecule has 1 N–H and O–H groups in total. The molecule has 114 valence electrons. The number of methoxy groups -OCH3 is 1. The molecule has 4 rings (SSSR count). The highest BCUT2D eigenvalue weighted by atomic mass is 16.5. The molecule has 1 saturated carbocycles. The molecule has 3 aliphatic rings. The quantitative estimate of drug-likeness (QED) is 0.864. The zero-order valence-corrected chi connectivity index (χ0v) is 12.7. The lowest BCUT2D eigenvalue weighted by Gasteiger charge is -2.32. The van der Waals surface area contributed by atoms with Gasteiger partial charge in [-0.2, -0.15) is 0 Å². The van der Waals surface area contributed by atoms with Gasteiger partial charge in [0.2, 0.25) is 0 Å². The summed E-state index contributed by atoms with van der Waals surface area (Å²) in [5, 5.41) is 9.68. The zero-order chi connectivity index (χ0) is 15.4. The van der Waals surface area contributed by atoms with Crippen molar-refractivity contribution in [2.45, 2.75) is 25.2 Å². The van der Waals surface area contributed by atoms with Crippen molar-refractivity contribution < 1.29 is 14.6 Å². The summed E-state index contributed by atoms with van der Waals surface area (Å²) >= 11 is 0. The van der Waals surface area contributed by atoms with Crippen molar-refractivity contribution in [3.05, 3.63) is 54.1 Å². The van der Waals surface area contributed by atoms with Gasteiger partial charge in [-0.1, -0.05) is 42.5 Å². The number of para-hydroxylation sites is 1. The van der Waals surface area contributed by atoms with Crippen molar-refractivity contribution >= 4 is 5.97 Å². The number of hydrogen-bond acceptors (Lipinski definition) is 2. The first-order valence-corrected chi connectivity index (χ1v) is 7.85. The Morgan fingerprint density at radius 1 is 1.27 bits per heavy atom. The molecule has 0 amide bonds. The van der Waals surface area contributed by atoms with Gasteiger partial charge in [0, 0.05) is 16.9 Å². The molecule has 0 heterocycles. The third kappa shape index (κ3) is 1.54.